The molecule has 0 fully saturated rings. The number of nitrogens with two attached hydrogens (primary N) is 1. The first kappa shape index (κ1) is 12.7. The highest BCUT2D eigenvalue weighted by Crippen LogP contribution is 2.08. The number of hydrogen-bond donors (Lipinski definition) is 3. The summed E-state index contributed by atoms with van der Waals surface area (Å²) in [7, 11) is 0. The van der Waals surface area contributed by atoms with Crippen LogP contribution in [0.1, 0.15) is 12.5 Å². The van der Waals surface area contributed by atoms with Gasteiger partial charge >= 0.3 is 6.03 Å². The third-order valence-corrected chi connectivity index (χ3v) is 2.73. The highest BCUT2D eigenvalue weighted by atomic mass is 32.1. The Hall–Kier alpha value is -1.40. The molecule has 0 aliphatic heterocycles. The van der Waals surface area contributed by atoms with Crippen LogP contribution in [0.2, 0.25) is 0 Å². The van der Waals surface area contributed by atoms with Crippen LogP contribution in [0.25, 0.3) is 0 Å². The third-order valence-electron chi connectivity index (χ3n) is 2.00. The number of urea groups is 1. The number of carbonyl (C=O) groups excluding carboxylic acids is 2. The number of primary amides is 1. The molecule has 0 bridgehead atoms. The molecular formula is C10H15N3O2S. The second kappa shape index (κ2) is 6.24. The summed E-state index contributed by atoms with van der Waals surface area (Å²) in [4.78, 5) is 21.5. The van der Waals surface area contributed by atoms with Gasteiger partial charge in [-0.3, -0.25) is 10.1 Å². The van der Waals surface area contributed by atoms with Crippen molar-refractivity contribution in [3.63, 3.8) is 0 Å². The SMILES string of the molecule is CC(Cc1ccsc1)NCC(=O)NC(N)=O. The summed E-state index contributed by atoms with van der Waals surface area (Å²) in [5, 5.41) is 9.09. The average molecular weight is 241 g/mol. The Kier molecular flexibility index (Phi) is 4.94. The minimum absolute atomic E-state index is 0.0915. The molecule has 0 saturated heterocycles. The van der Waals surface area contributed by atoms with E-state index >= 15 is 0 Å². The van der Waals surface area contributed by atoms with Crippen molar-refractivity contribution in [1.29, 1.82) is 0 Å². The summed E-state index contributed by atoms with van der Waals surface area (Å²) in [5.74, 6) is -0.412. The molecule has 0 saturated carbocycles. The van der Waals surface area contributed by atoms with Crippen LogP contribution in [-0.4, -0.2) is 24.5 Å². The lowest BCUT2D eigenvalue weighted by Gasteiger charge is -2.12. The predicted octanol–water partition coefficient (Wildman–Crippen LogP) is 0.464. The lowest BCUT2D eigenvalue weighted by Crippen LogP contribution is -2.43. The highest BCUT2D eigenvalue weighted by molar-refractivity contribution is 7.07. The summed E-state index contributed by atoms with van der Waals surface area (Å²) in [6.07, 6.45) is 0.855. The Bertz CT molecular complexity index is 351. The van der Waals surface area contributed by atoms with Crippen LogP contribution in [-0.2, 0) is 11.2 Å². The van der Waals surface area contributed by atoms with Gasteiger partial charge in [-0.05, 0) is 35.7 Å². The van der Waals surface area contributed by atoms with Crippen molar-refractivity contribution < 1.29 is 9.59 Å². The summed E-state index contributed by atoms with van der Waals surface area (Å²) >= 11 is 1.65. The first-order valence-electron chi connectivity index (χ1n) is 4.91. The first-order chi connectivity index (χ1) is 7.58. The van der Waals surface area contributed by atoms with Gasteiger partial charge in [0.2, 0.25) is 5.91 Å². The number of nitrogens with one attached hydrogen (secondary N) is 2. The second-order valence-electron chi connectivity index (χ2n) is 3.53. The zero-order valence-corrected chi connectivity index (χ0v) is 9.84. The van der Waals surface area contributed by atoms with Crippen molar-refractivity contribution in [2.24, 2.45) is 5.73 Å². The fraction of sp³-hybridized carbons (Fsp3) is 0.400. The monoisotopic (exact) mass is 241 g/mol. The molecule has 1 rings (SSSR count). The van der Waals surface area contributed by atoms with Crippen molar-refractivity contribution in [2.45, 2.75) is 19.4 Å². The normalized spacial score (nSPS) is 12.1. The van der Waals surface area contributed by atoms with Gasteiger partial charge in [-0.1, -0.05) is 0 Å². The van der Waals surface area contributed by atoms with Gasteiger partial charge in [-0.25, -0.2) is 4.79 Å². The molecule has 1 unspecified atom stereocenters. The van der Waals surface area contributed by atoms with Crippen molar-refractivity contribution in [1.82, 2.24) is 10.6 Å². The van der Waals surface area contributed by atoms with Gasteiger partial charge in [0.25, 0.3) is 0 Å². The maximum atomic E-state index is 11.1. The molecule has 0 aliphatic carbocycles. The molecule has 3 amide bonds. The van der Waals surface area contributed by atoms with Gasteiger partial charge < -0.3 is 11.1 Å². The van der Waals surface area contributed by atoms with E-state index in [0.717, 1.165) is 6.42 Å². The zero-order valence-electron chi connectivity index (χ0n) is 9.03. The van der Waals surface area contributed by atoms with E-state index in [1.807, 2.05) is 23.7 Å². The smallest absolute Gasteiger partial charge is 0.318 e. The zero-order chi connectivity index (χ0) is 12.0. The van der Waals surface area contributed by atoms with Crippen molar-refractivity contribution in [3.8, 4) is 0 Å². The minimum Gasteiger partial charge on any atom is -0.351 e. The fourth-order valence-electron chi connectivity index (χ4n) is 1.28. The van der Waals surface area contributed by atoms with Gasteiger partial charge in [0.05, 0.1) is 6.54 Å². The van der Waals surface area contributed by atoms with E-state index in [9.17, 15) is 9.59 Å². The Balaban J connectivity index is 2.22. The van der Waals surface area contributed by atoms with E-state index < -0.39 is 11.9 Å². The molecule has 0 aliphatic rings. The molecule has 0 spiro atoms. The maximum Gasteiger partial charge on any atom is 0.318 e. The maximum absolute atomic E-state index is 11.1. The third kappa shape index (κ3) is 4.90. The van der Waals surface area contributed by atoms with Gasteiger partial charge in [-0.2, -0.15) is 11.3 Å². The van der Waals surface area contributed by atoms with Crippen LogP contribution in [0.5, 0.6) is 0 Å². The molecule has 0 radical (unpaired) electrons. The summed E-state index contributed by atoms with van der Waals surface area (Å²) < 4.78 is 0. The van der Waals surface area contributed by atoms with Crippen LogP contribution in [0.4, 0.5) is 4.79 Å². The summed E-state index contributed by atoms with van der Waals surface area (Å²) in [6.45, 7) is 2.07. The van der Waals surface area contributed by atoms with E-state index in [1.54, 1.807) is 11.3 Å². The number of hydrogen-bond acceptors (Lipinski definition) is 4. The summed E-state index contributed by atoms with van der Waals surface area (Å²) in [5.41, 5.74) is 6.05. The quantitative estimate of drug-likeness (QED) is 0.700. The fourth-order valence-corrected chi connectivity index (χ4v) is 1.96. The lowest BCUT2D eigenvalue weighted by molar-refractivity contribution is -0.119. The van der Waals surface area contributed by atoms with Gasteiger partial charge in [0.1, 0.15) is 0 Å². The Morgan fingerprint density at radius 1 is 1.56 bits per heavy atom. The molecule has 1 atom stereocenters. The van der Waals surface area contributed by atoms with Gasteiger partial charge in [0, 0.05) is 6.04 Å². The second-order valence-corrected chi connectivity index (χ2v) is 4.31. The van der Waals surface area contributed by atoms with Crippen LogP contribution in [0.15, 0.2) is 16.8 Å². The van der Waals surface area contributed by atoms with Crippen LogP contribution in [0, 0.1) is 0 Å². The Morgan fingerprint density at radius 2 is 2.31 bits per heavy atom. The largest absolute Gasteiger partial charge is 0.351 e. The van der Waals surface area contributed by atoms with E-state index in [-0.39, 0.29) is 12.6 Å². The van der Waals surface area contributed by atoms with Crippen molar-refractivity contribution in [2.75, 3.05) is 6.54 Å². The average Bonchev–Trinajstić information content (AvgIpc) is 2.66. The molecule has 16 heavy (non-hydrogen) atoms. The predicted molar refractivity (Wildman–Crippen MR) is 63.2 cm³/mol. The number of carbonyl (C=O) groups is 2. The van der Waals surface area contributed by atoms with Crippen LogP contribution < -0.4 is 16.4 Å². The van der Waals surface area contributed by atoms with Gasteiger partial charge in [0.15, 0.2) is 0 Å². The molecule has 6 heteroatoms. The standard InChI is InChI=1S/C10H15N3O2S/c1-7(4-8-2-3-16-6-8)12-5-9(14)13-10(11)15/h2-3,6-7,12H,4-5H2,1H3,(H3,11,13,14,15). The number of thiophene rings is 1. The topological polar surface area (TPSA) is 84.2 Å². The van der Waals surface area contributed by atoms with E-state index in [0.29, 0.717) is 0 Å². The van der Waals surface area contributed by atoms with Crippen molar-refractivity contribution >= 4 is 23.3 Å². The minimum atomic E-state index is -0.822. The van der Waals surface area contributed by atoms with E-state index in [2.05, 4.69) is 10.7 Å². The molecule has 1 heterocycles. The molecule has 1 aromatic rings. The lowest BCUT2D eigenvalue weighted by atomic mass is 10.1. The van der Waals surface area contributed by atoms with Crippen LogP contribution in [0.3, 0.4) is 0 Å². The number of imide groups is 1. The van der Waals surface area contributed by atoms with Crippen LogP contribution >= 0.6 is 11.3 Å². The van der Waals surface area contributed by atoms with E-state index in [4.69, 9.17) is 5.73 Å². The van der Waals surface area contributed by atoms with Gasteiger partial charge in [-0.15, -0.1) is 0 Å². The molecular weight excluding hydrogens is 226 g/mol. The Labute approximate surface area is 98.0 Å². The number of amides is 3. The summed E-state index contributed by atoms with van der Waals surface area (Å²) in [6, 6.07) is 1.40. The highest BCUT2D eigenvalue weighted by Gasteiger charge is 2.07. The molecule has 5 nitrogen and oxygen atoms in total. The van der Waals surface area contributed by atoms with E-state index in [1.165, 1.54) is 5.56 Å². The molecule has 88 valence electrons. The first-order valence-corrected chi connectivity index (χ1v) is 5.86. The van der Waals surface area contributed by atoms with Crippen molar-refractivity contribution in [3.05, 3.63) is 22.4 Å². The Morgan fingerprint density at radius 3 is 2.88 bits per heavy atom. The molecule has 1 aromatic heterocycles. The molecule has 0 aromatic carbocycles. The number of rotatable bonds is 5. The molecule has 4 N–H and O–H groups in total.